The van der Waals surface area contributed by atoms with E-state index in [9.17, 15) is 4.79 Å². The summed E-state index contributed by atoms with van der Waals surface area (Å²) in [5.41, 5.74) is 1.34. The van der Waals surface area contributed by atoms with Gasteiger partial charge in [0.1, 0.15) is 17.2 Å². The molecule has 3 aromatic heterocycles. The third-order valence-electron chi connectivity index (χ3n) is 5.70. The van der Waals surface area contributed by atoms with E-state index in [1.807, 2.05) is 47.3 Å². The number of pyridine rings is 2. The van der Waals surface area contributed by atoms with Gasteiger partial charge in [0, 0.05) is 50.0 Å². The lowest BCUT2D eigenvalue weighted by molar-refractivity contribution is -0.107. The van der Waals surface area contributed by atoms with Gasteiger partial charge in [-0.05, 0) is 31.0 Å². The van der Waals surface area contributed by atoms with Crippen molar-refractivity contribution in [1.29, 1.82) is 0 Å². The number of aromatic nitrogens is 3. The Morgan fingerprint density at radius 1 is 1.36 bits per heavy atom. The lowest BCUT2D eigenvalue weighted by Crippen LogP contribution is -2.30. The van der Waals surface area contributed by atoms with Crippen molar-refractivity contribution in [3.8, 4) is 5.82 Å². The van der Waals surface area contributed by atoms with E-state index >= 15 is 0 Å². The van der Waals surface area contributed by atoms with Crippen LogP contribution in [-0.2, 0) is 19.9 Å². The second kappa shape index (κ2) is 6.68. The van der Waals surface area contributed by atoms with Gasteiger partial charge in [0.25, 0.3) is 0 Å². The van der Waals surface area contributed by atoms with Crippen LogP contribution >= 0.6 is 0 Å². The predicted molar refractivity (Wildman–Crippen MR) is 105 cm³/mol. The first-order valence-electron chi connectivity index (χ1n) is 9.56. The molecule has 0 spiro atoms. The van der Waals surface area contributed by atoms with Crippen LogP contribution in [0.1, 0.15) is 25.0 Å². The minimum Gasteiger partial charge on any atom is -0.378 e. The molecule has 5 rings (SSSR count). The lowest BCUT2D eigenvalue weighted by Gasteiger charge is -2.25. The van der Waals surface area contributed by atoms with Crippen molar-refractivity contribution in [2.45, 2.75) is 30.9 Å². The number of rotatable bonds is 6. The molecule has 144 valence electrons. The number of anilines is 1. The van der Waals surface area contributed by atoms with Crippen LogP contribution in [-0.4, -0.2) is 47.3 Å². The number of carbonyl (C=O) groups excluding carboxylic acids is 1. The Hall–Kier alpha value is -2.77. The van der Waals surface area contributed by atoms with E-state index in [0.29, 0.717) is 19.0 Å². The summed E-state index contributed by atoms with van der Waals surface area (Å²) < 4.78 is 13.4. The number of amides is 1. The van der Waals surface area contributed by atoms with Crippen LogP contribution in [0, 0.1) is 0 Å². The zero-order chi connectivity index (χ0) is 19.1. The number of fused-ring (bicyclic) bond motifs is 1. The summed E-state index contributed by atoms with van der Waals surface area (Å²) in [4.78, 5) is 22.6. The first kappa shape index (κ1) is 17.3. The Labute approximate surface area is 162 Å². The lowest BCUT2D eigenvalue weighted by atomic mass is 9.98. The van der Waals surface area contributed by atoms with Gasteiger partial charge in [0.2, 0.25) is 6.41 Å². The zero-order valence-electron chi connectivity index (χ0n) is 15.7. The molecule has 2 aliphatic rings. The van der Waals surface area contributed by atoms with Gasteiger partial charge in [0.15, 0.2) is 0 Å². The second-order valence-corrected chi connectivity index (χ2v) is 7.41. The van der Waals surface area contributed by atoms with Crippen LogP contribution in [0.2, 0.25) is 0 Å². The first-order chi connectivity index (χ1) is 13.7. The summed E-state index contributed by atoms with van der Waals surface area (Å²) in [6, 6.07) is 10.2. The summed E-state index contributed by atoms with van der Waals surface area (Å²) in [6.07, 6.45) is 7.52. The fraction of sp³-hybridized carbons (Fsp3) is 0.381. The maximum Gasteiger partial charge on any atom is 0.215 e. The van der Waals surface area contributed by atoms with Crippen LogP contribution in [0.3, 0.4) is 0 Å². The largest absolute Gasteiger partial charge is 0.378 e. The normalized spacial score (nSPS) is 21.9. The zero-order valence-corrected chi connectivity index (χ0v) is 15.7. The standard InChI is InChI=1S/C21H22N4O3/c1-27-21(8-10-28-13-21)18-3-2-4-19(23-18)24-9-7-15-12-22-20(11-17(15)24)25(14-26)16-5-6-16/h2-4,7,9,11-12,14,16H,5-6,8,10,13H2,1H3. The SMILES string of the molecule is COC1(c2cccc(-n3ccc4cnc(N(C=O)C5CC5)cc43)n2)CCOC1. The minimum atomic E-state index is -0.494. The van der Waals surface area contributed by atoms with Gasteiger partial charge in [0.05, 0.1) is 17.8 Å². The Bertz CT molecular complexity index is 1020. The average molecular weight is 378 g/mol. The molecule has 7 heteroatoms. The molecule has 0 bridgehead atoms. The van der Waals surface area contributed by atoms with Gasteiger partial charge >= 0.3 is 0 Å². The Morgan fingerprint density at radius 2 is 2.25 bits per heavy atom. The highest BCUT2D eigenvalue weighted by Gasteiger charge is 2.38. The van der Waals surface area contributed by atoms with Gasteiger partial charge in [-0.15, -0.1) is 0 Å². The smallest absolute Gasteiger partial charge is 0.215 e. The molecular formula is C21H22N4O3. The van der Waals surface area contributed by atoms with Crippen molar-refractivity contribution in [3.63, 3.8) is 0 Å². The highest BCUT2D eigenvalue weighted by molar-refractivity contribution is 5.86. The number of methoxy groups -OCH3 is 1. The summed E-state index contributed by atoms with van der Waals surface area (Å²) in [5, 5.41) is 1.00. The number of carbonyl (C=O) groups is 1. The fourth-order valence-electron chi connectivity index (χ4n) is 3.86. The van der Waals surface area contributed by atoms with E-state index in [1.54, 1.807) is 12.0 Å². The molecule has 28 heavy (non-hydrogen) atoms. The summed E-state index contributed by atoms with van der Waals surface area (Å²) >= 11 is 0. The van der Waals surface area contributed by atoms with E-state index in [1.165, 1.54) is 0 Å². The van der Waals surface area contributed by atoms with Gasteiger partial charge < -0.3 is 14.0 Å². The highest BCUT2D eigenvalue weighted by atomic mass is 16.5. The molecule has 1 saturated carbocycles. The van der Waals surface area contributed by atoms with Crippen LogP contribution in [0.5, 0.6) is 0 Å². The molecule has 1 unspecified atom stereocenters. The summed E-state index contributed by atoms with van der Waals surface area (Å²) in [7, 11) is 1.71. The van der Waals surface area contributed by atoms with Crippen LogP contribution in [0.25, 0.3) is 16.7 Å². The van der Waals surface area contributed by atoms with Crippen LogP contribution < -0.4 is 4.90 Å². The second-order valence-electron chi connectivity index (χ2n) is 7.41. The van der Waals surface area contributed by atoms with Crippen LogP contribution in [0.15, 0.2) is 42.7 Å². The van der Waals surface area contributed by atoms with Gasteiger partial charge in [-0.2, -0.15) is 0 Å². The van der Waals surface area contributed by atoms with Crippen molar-refractivity contribution in [2.24, 2.45) is 0 Å². The summed E-state index contributed by atoms with van der Waals surface area (Å²) in [6.45, 7) is 1.18. The van der Waals surface area contributed by atoms with E-state index in [0.717, 1.165) is 48.1 Å². The molecule has 2 fully saturated rings. The number of nitrogens with zero attached hydrogens (tertiary/aromatic N) is 4. The third kappa shape index (κ3) is 2.78. The fourth-order valence-corrected chi connectivity index (χ4v) is 3.86. The maximum absolute atomic E-state index is 11.5. The van der Waals surface area contributed by atoms with Gasteiger partial charge in [-0.25, -0.2) is 9.97 Å². The van der Waals surface area contributed by atoms with E-state index in [2.05, 4.69) is 4.98 Å². The summed E-state index contributed by atoms with van der Waals surface area (Å²) in [5.74, 6) is 1.48. The van der Waals surface area contributed by atoms with Crippen molar-refractivity contribution >= 4 is 23.1 Å². The predicted octanol–water partition coefficient (Wildman–Crippen LogP) is 2.81. The highest BCUT2D eigenvalue weighted by Crippen LogP contribution is 2.34. The van der Waals surface area contributed by atoms with Crippen molar-refractivity contribution < 1.29 is 14.3 Å². The molecule has 0 N–H and O–H groups in total. The molecule has 1 saturated heterocycles. The van der Waals surface area contributed by atoms with Crippen molar-refractivity contribution in [2.75, 3.05) is 25.2 Å². The quantitative estimate of drug-likeness (QED) is 0.617. The molecule has 1 amide bonds. The van der Waals surface area contributed by atoms with E-state index in [-0.39, 0.29) is 6.04 Å². The number of hydrogen-bond acceptors (Lipinski definition) is 5. The molecular weight excluding hydrogens is 356 g/mol. The maximum atomic E-state index is 11.5. The van der Waals surface area contributed by atoms with Gasteiger partial charge in [-0.3, -0.25) is 9.69 Å². The van der Waals surface area contributed by atoms with Crippen LogP contribution in [0.4, 0.5) is 5.82 Å². The topological polar surface area (TPSA) is 69.5 Å². The Morgan fingerprint density at radius 3 is 2.96 bits per heavy atom. The molecule has 0 aromatic carbocycles. The molecule has 0 radical (unpaired) electrons. The van der Waals surface area contributed by atoms with E-state index < -0.39 is 5.60 Å². The molecule has 3 aromatic rings. The molecule has 1 aliphatic heterocycles. The number of ether oxygens (including phenoxy) is 2. The average Bonchev–Trinajstić information content (AvgIpc) is 3.29. The molecule has 7 nitrogen and oxygen atoms in total. The molecule has 1 atom stereocenters. The third-order valence-corrected chi connectivity index (χ3v) is 5.70. The van der Waals surface area contributed by atoms with E-state index in [4.69, 9.17) is 14.5 Å². The molecule has 1 aliphatic carbocycles. The first-order valence-corrected chi connectivity index (χ1v) is 9.56. The monoisotopic (exact) mass is 378 g/mol. The molecule has 4 heterocycles. The van der Waals surface area contributed by atoms with Crippen molar-refractivity contribution in [1.82, 2.24) is 14.5 Å². The Balaban J connectivity index is 1.57. The van der Waals surface area contributed by atoms with Crippen molar-refractivity contribution in [3.05, 3.63) is 48.4 Å². The Kier molecular flexibility index (Phi) is 4.14. The van der Waals surface area contributed by atoms with Gasteiger partial charge in [-0.1, -0.05) is 6.07 Å². The minimum absolute atomic E-state index is 0.274. The number of hydrogen-bond donors (Lipinski definition) is 0.